The van der Waals surface area contributed by atoms with Crippen LogP contribution in [0.25, 0.3) is 10.8 Å². The lowest BCUT2D eigenvalue weighted by Crippen LogP contribution is -2.41. The van der Waals surface area contributed by atoms with Gasteiger partial charge < -0.3 is 9.64 Å². The van der Waals surface area contributed by atoms with Gasteiger partial charge in [0.2, 0.25) is 0 Å². The lowest BCUT2D eigenvalue weighted by atomic mass is 9.96. The molecule has 0 atom stereocenters. The van der Waals surface area contributed by atoms with E-state index in [-0.39, 0.29) is 12.0 Å². The van der Waals surface area contributed by atoms with Crippen molar-refractivity contribution in [3.63, 3.8) is 0 Å². The Kier molecular flexibility index (Phi) is 4.34. The van der Waals surface area contributed by atoms with E-state index in [1.807, 2.05) is 26.2 Å². The van der Waals surface area contributed by atoms with Crippen molar-refractivity contribution >= 4 is 17.4 Å². The van der Waals surface area contributed by atoms with Crippen LogP contribution in [-0.4, -0.2) is 49.8 Å². The molecule has 2 aromatic rings. The minimum atomic E-state index is -0.458. The van der Waals surface area contributed by atoms with Gasteiger partial charge in [0.15, 0.2) is 16.7 Å². The lowest BCUT2D eigenvalue weighted by molar-refractivity contribution is 0.0203. The number of hydrogen-bond acceptors (Lipinski definition) is 6. The summed E-state index contributed by atoms with van der Waals surface area (Å²) in [5.74, 6) is 1.78. The predicted molar refractivity (Wildman–Crippen MR) is 87.3 cm³/mol. The third kappa shape index (κ3) is 3.87. The van der Waals surface area contributed by atoms with Crippen molar-refractivity contribution < 1.29 is 9.53 Å². The Labute approximate surface area is 139 Å². The van der Waals surface area contributed by atoms with E-state index in [4.69, 9.17) is 4.74 Å². The Morgan fingerprint density at radius 1 is 1.39 bits per heavy atom. The predicted octanol–water partition coefficient (Wildman–Crippen LogP) is 3.04. The molecule has 1 amide bonds. The van der Waals surface area contributed by atoms with Crippen molar-refractivity contribution in [2.45, 2.75) is 45.1 Å². The number of nitrogens with zero attached hydrogens (tertiary/aromatic N) is 4. The van der Waals surface area contributed by atoms with Crippen molar-refractivity contribution in [3.8, 4) is 10.8 Å². The summed E-state index contributed by atoms with van der Waals surface area (Å²) in [5, 5.41) is 10.0. The molecule has 0 unspecified atom stereocenters. The minimum Gasteiger partial charge on any atom is -0.444 e. The maximum atomic E-state index is 12.1. The van der Waals surface area contributed by atoms with E-state index in [2.05, 4.69) is 20.2 Å². The number of nitrogens with one attached hydrogen (secondary N) is 1. The van der Waals surface area contributed by atoms with Gasteiger partial charge in [0.25, 0.3) is 0 Å². The van der Waals surface area contributed by atoms with Gasteiger partial charge in [-0.05, 0) is 33.6 Å². The molecule has 3 heterocycles. The second kappa shape index (κ2) is 6.27. The Balaban J connectivity index is 1.58. The van der Waals surface area contributed by atoms with Gasteiger partial charge in [-0.1, -0.05) is 0 Å². The van der Waals surface area contributed by atoms with Crippen LogP contribution in [0.4, 0.5) is 4.79 Å². The molecule has 2 aromatic heterocycles. The number of aromatic amines is 1. The number of piperidine rings is 1. The quantitative estimate of drug-likeness (QED) is 0.912. The van der Waals surface area contributed by atoms with Gasteiger partial charge >= 0.3 is 6.09 Å². The van der Waals surface area contributed by atoms with E-state index in [1.165, 1.54) is 11.3 Å². The topological polar surface area (TPSA) is 84.0 Å². The largest absolute Gasteiger partial charge is 0.444 e. The number of H-pyrrole nitrogens is 1. The standard InChI is InChI=1S/C15H21N5O2S/c1-15(2,3)22-14(21)20-7-4-10(5-8-20)11-17-12(19-18-11)13-16-6-9-23-13/h6,9-10H,4-5,7-8H2,1-3H3,(H,17,18,19). The summed E-state index contributed by atoms with van der Waals surface area (Å²) in [6, 6.07) is 0. The molecule has 7 nitrogen and oxygen atoms in total. The number of rotatable bonds is 2. The number of likely N-dealkylation sites (tertiary alicyclic amines) is 1. The molecule has 0 aliphatic carbocycles. The van der Waals surface area contributed by atoms with Gasteiger partial charge in [0.05, 0.1) is 0 Å². The van der Waals surface area contributed by atoms with Crippen LogP contribution in [0.3, 0.4) is 0 Å². The molecule has 124 valence electrons. The van der Waals surface area contributed by atoms with Gasteiger partial charge in [-0.25, -0.2) is 14.8 Å². The third-order valence-electron chi connectivity index (χ3n) is 3.65. The molecule has 1 fully saturated rings. The van der Waals surface area contributed by atoms with Crippen LogP contribution in [0.5, 0.6) is 0 Å². The first kappa shape index (κ1) is 15.9. The third-order valence-corrected chi connectivity index (χ3v) is 4.43. The maximum absolute atomic E-state index is 12.1. The zero-order valence-electron chi connectivity index (χ0n) is 13.6. The summed E-state index contributed by atoms with van der Waals surface area (Å²) in [6.07, 6.45) is 3.19. The van der Waals surface area contributed by atoms with Crippen LogP contribution >= 0.6 is 11.3 Å². The van der Waals surface area contributed by atoms with Crippen molar-refractivity contribution in [3.05, 3.63) is 17.4 Å². The van der Waals surface area contributed by atoms with Crippen LogP contribution in [0.2, 0.25) is 0 Å². The van der Waals surface area contributed by atoms with Crippen molar-refractivity contribution in [1.29, 1.82) is 0 Å². The smallest absolute Gasteiger partial charge is 0.410 e. The Hall–Kier alpha value is -1.96. The summed E-state index contributed by atoms with van der Waals surface area (Å²) < 4.78 is 5.41. The Morgan fingerprint density at radius 2 is 2.13 bits per heavy atom. The van der Waals surface area contributed by atoms with Gasteiger partial charge in [-0.3, -0.25) is 5.10 Å². The van der Waals surface area contributed by atoms with Gasteiger partial charge in [-0.2, -0.15) is 5.10 Å². The monoisotopic (exact) mass is 335 g/mol. The number of ether oxygens (including phenoxy) is 1. The molecule has 23 heavy (non-hydrogen) atoms. The van der Waals surface area contributed by atoms with Crippen LogP contribution in [0, 0.1) is 0 Å². The van der Waals surface area contributed by atoms with Crippen LogP contribution in [0.15, 0.2) is 11.6 Å². The lowest BCUT2D eigenvalue weighted by Gasteiger charge is -2.32. The molecular formula is C15H21N5O2S. The zero-order chi connectivity index (χ0) is 16.4. The van der Waals surface area contributed by atoms with Crippen LogP contribution in [0.1, 0.15) is 45.4 Å². The number of aromatic nitrogens is 4. The molecule has 3 rings (SSSR count). The van der Waals surface area contributed by atoms with Crippen molar-refractivity contribution in [2.75, 3.05) is 13.1 Å². The summed E-state index contributed by atoms with van der Waals surface area (Å²) in [4.78, 5) is 22.6. The van der Waals surface area contributed by atoms with Gasteiger partial charge in [-0.15, -0.1) is 11.3 Å². The van der Waals surface area contributed by atoms with E-state index in [9.17, 15) is 4.79 Å². The second-order valence-electron chi connectivity index (χ2n) is 6.62. The maximum Gasteiger partial charge on any atom is 0.410 e. The highest BCUT2D eigenvalue weighted by Crippen LogP contribution is 2.28. The molecule has 1 saturated heterocycles. The first-order valence-electron chi connectivity index (χ1n) is 7.72. The average Bonchev–Trinajstić information content (AvgIpc) is 3.17. The summed E-state index contributed by atoms with van der Waals surface area (Å²) >= 11 is 1.53. The molecule has 1 aliphatic heterocycles. The summed E-state index contributed by atoms with van der Waals surface area (Å²) in [6.45, 7) is 6.98. The first-order chi connectivity index (χ1) is 10.9. The van der Waals surface area contributed by atoms with E-state index < -0.39 is 5.60 Å². The molecular weight excluding hydrogens is 314 g/mol. The molecule has 8 heteroatoms. The molecule has 0 radical (unpaired) electrons. The highest BCUT2D eigenvalue weighted by atomic mass is 32.1. The van der Waals surface area contributed by atoms with E-state index in [0.717, 1.165) is 23.7 Å². The normalized spacial score (nSPS) is 16.6. The molecule has 0 spiro atoms. The molecule has 0 bridgehead atoms. The zero-order valence-corrected chi connectivity index (χ0v) is 14.4. The minimum absolute atomic E-state index is 0.241. The average molecular weight is 335 g/mol. The van der Waals surface area contributed by atoms with Gasteiger partial charge in [0, 0.05) is 30.6 Å². The number of amides is 1. The SMILES string of the molecule is CC(C)(C)OC(=O)N1CCC(c2n[nH]c(-c3nccs3)n2)CC1. The van der Waals surface area contributed by atoms with E-state index >= 15 is 0 Å². The first-order valence-corrected chi connectivity index (χ1v) is 8.60. The number of carbonyl (C=O) groups is 1. The fourth-order valence-corrected chi connectivity index (χ4v) is 3.12. The van der Waals surface area contributed by atoms with E-state index in [1.54, 1.807) is 11.1 Å². The fraction of sp³-hybridized carbons (Fsp3) is 0.600. The van der Waals surface area contributed by atoms with Gasteiger partial charge in [0.1, 0.15) is 5.60 Å². The summed E-state index contributed by atoms with van der Waals surface area (Å²) in [5.41, 5.74) is -0.458. The fourth-order valence-electron chi connectivity index (χ4n) is 2.54. The number of hydrogen-bond donors (Lipinski definition) is 1. The second-order valence-corrected chi connectivity index (χ2v) is 7.52. The highest BCUT2D eigenvalue weighted by molar-refractivity contribution is 7.12. The summed E-state index contributed by atoms with van der Waals surface area (Å²) in [7, 11) is 0. The Morgan fingerprint density at radius 3 is 2.74 bits per heavy atom. The molecule has 1 aliphatic rings. The van der Waals surface area contributed by atoms with Crippen LogP contribution < -0.4 is 0 Å². The van der Waals surface area contributed by atoms with Crippen molar-refractivity contribution in [2.24, 2.45) is 0 Å². The number of carbonyl (C=O) groups excluding carboxylic acids is 1. The molecule has 0 saturated carbocycles. The molecule has 1 N–H and O–H groups in total. The Bertz CT molecular complexity index is 654. The highest BCUT2D eigenvalue weighted by Gasteiger charge is 2.29. The number of thiazole rings is 1. The van der Waals surface area contributed by atoms with E-state index in [0.29, 0.717) is 18.9 Å². The van der Waals surface area contributed by atoms with Crippen LogP contribution in [-0.2, 0) is 4.74 Å². The molecule has 0 aromatic carbocycles. The van der Waals surface area contributed by atoms with Crippen molar-refractivity contribution in [1.82, 2.24) is 25.1 Å².